The van der Waals surface area contributed by atoms with Crippen molar-refractivity contribution in [3.05, 3.63) is 121 Å². The van der Waals surface area contributed by atoms with Crippen LogP contribution in [0.1, 0.15) is 18.1 Å². The molecular formula is C27H24F3N3O4PdS. The molecule has 4 rings (SSSR count). The standard InChI is InChI=1S/C16H16NO.C10H8N2.CHF3O3S.Pd/c1-13-8-10-15(11-9-13)12-17(14(2)18)16-6-4-3-5-7-16;1-3-7-11-9(5-1)10-6-2-4-8-12-10;2-1(3,4)8(5,6)7;/h3-12H,1-2H3;1-8H;(H,5,6,7);/q-1;;;+2/p-1. The number of nitrogens with zero attached hydrogens (tertiary/aromatic N) is 3. The zero-order valence-electron chi connectivity index (χ0n) is 20.7. The topological polar surface area (TPSA) is 103 Å². The second-order valence-corrected chi connectivity index (χ2v) is 8.97. The van der Waals surface area contributed by atoms with Gasteiger partial charge in [0.15, 0.2) is 10.1 Å². The maximum Gasteiger partial charge on any atom is 2.00 e. The quantitative estimate of drug-likeness (QED) is 0.121. The third-order valence-corrected chi connectivity index (χ3v) is 5.17. The van der Waals surface area contributed by atoms with Gasteiger partial charge in [0.2, 0.25) is 5.91 Å². The number of hydrogen-bond donors (Lipinski definition) is 0. The van der Waals surface area contributed by atoms with Gasteiger partial charge in [0.1, 0.15) is 0 Å². The van der Waals surface area contributed by atoms with E-state index in [1.807, 2.05) is 104 Å². The van der Waals surface area contributed by atoms with E-state index in [9.17, 15) is 18.0 Å². The Bertz CT molecular complexity index is 1340. The minimum Gasteiger partial charge on any atom is -0.741 e. The van der Waals surface area contributed by atoms with Gasteiger partial charge in [0, 0.05) is 25.0 Å². The molecule has 0 unspecified atom stereocenters. The molecule has 0 saturated heterocycles. The van der Waals surface area contributed by atoms with Gasteiger partial charge in [-0.3, -0.25) is 14.8 Å². The number of benzene rings is 2. The molecule has 39 heavy (non-hydrogen) atoms. The maximum atomic E-state index is 11.7. The van der Waals surface area contributed by atoms with Crippen molar-refractivity contribution < 1.29 is 51.4 Å². The summed E-state index contributed by atoms with van der Waals surface area (Å²) in [6.45, 7) is 5.47. The van der Waals surface area contributed by atoms with Crippen LogP contribution < -0.4 is 4.90 Å². The molecule has 0 atom stereocenters. The van der Waals surface area contributed by atoms with Crippen LogP contribution in [0.3, 0.4) is 0 Å². The third-order valence-electron chi connectivity index (χ3n) is 4.60. The van der Waals surface area contributed by atoms with Crippen LogP contribution in [0, 0.1) is 13.5 Å². The number of halogens is 3. The molecule has 0 N–H and O–H groups in total. The van der Waals surface area contributed by atoms with E-state index < -0.39 is 15.6 Å². The minimum absolute atomic E-state index is 0. The first-order valence-corrected chi connectivity index (χ1v) is 12.4. The van der Waals surface area contributed by atoms with E-state index in [1.165, 1.54) is 5.56 Å². The fraction of sp³-hybridized carbons (Fsp3) is 0.111. The first-order valence-electron chi connectivity index (χ1n) is 11.0. The summed E-state index contributed by atoms with van der Waals surface area (Å²) in [6.07, 6.45) is 3.54. The number of alkyl halides is 3. The van der Waals surface area contributed by atoms with Gasteiger partial charge in [-0.15, -0.1) is 12.1 Å². The van der Waals surface area contributed by atoms with E-state index in [4.69, 9.17) is 13.0 Å². The van der Waals surface area contributed by atoms with Crippen molar-refractivity contribution in [1.82, 2.24) is 9.97 Å². The molecule has 0 aliphatic heterocycles. The predicted molar refractivity (Wildman–Crippen MR) is 137 cm³/mol. The summed E-state index contributed by atoms with van der Waals surface area (Å²) < 4.78 is 58.9. The second kappa shape index (κ2) is 15.8. The van der Waals surface area contributed by atoms with Gasteiger partial charge in [0.05, 0.1) is 11.4 Å². The summed E-state index contributed by atoms with van der Waals surface area (Å²) in [7, 11) is -6.09. The van der Waals surface area contributed by atoms with Crippen LogP contribution in [-0.4, -0.2) is 34.4 Å². The minimum atomic E-state index is -6.09. The van der Waals surface area contributed by atoms with Gasteiger partial charge in [0.25, 0.3) is 0 Å². The molecule has 7 nitrogen and oxygen atoms in total. The SMILES string of the molecule is CC(=O)N([CH-]c1ccc(C)cc1)c1ccccc1.O=S(=O)([O-])C(F)(F)F.[Pd+2].c1ccc(-c2ccccn2)nc1. The molecule has 2 heterocycles. The number of rotatable bonds is 4. The normalized spacial score (nSPS) is 10.4. The maximum absolute atomic E-state index is 11.7. The second-order valence-electron chi connectivity index (χ2n) is 7.59. The Morgan fingerprint density at radius 1 is 0.821 bits per heavy atom. The zero-order valence-corrected chi connectivity index (χ0v) is 23.1. The van der Waals surface area contributed by atoms with Crippen LogP contribution in [0.25, 0.3) is 11.4 Å². The Kier molecular flexibility index (Phi) is 13.5. The molecule has 208 valence electrons. The average Bonchev–Trinajstić information content (AvgIpc) is 2.89. The molecule has 2 aromatic carbocycles. The van der Waals surface area contributed by atoms with Crippen LogP contribution >= 0.6 is 0 Å². The van der Waals surface area contributed by atoms with Gasteiger partial charge in [-0.2, -0.15) is 30.9 Å². The van der Waals surface area contributed by atoms with Crippen molar-refractivity contribution in [2.75, 3.05) is 4.90 Å². The van der Waals surface area contributed by atoms with Crippen LogP contribution in [0.2, 0.25) is 0 Å². The molecule has 4 aromatic rings. The molecule has 2 aromatic heterocycles. The zero-order chi connectivity index (χ0) is 28.2. The third kappa shape index (κ3) is 11.8. The van der Waals surface area contributed by atoms with Gasteiger partial charge in [-0.25, -0.2) is 8.42 Å². The van der Waals surface area contributed by atoms with Gasteiger partial charge >= 0.3 is 25.9 Å². The van der Waals surface area contributed by atoms with E-state index in [0.717, 1.165) is 22.6 Å². The van der Waals surface area contributed by atoms with E-state index in [-0.39, 0.29) is 26.3 Å². The Hall–Kier alpha value is -3.56. The van der Waals surface area contributed by atoms with Crippen molar-refractivity contribution in [2.24, 2.45) is 0 Å². The summed E-state index contributed by atoms with van der Waals surface area (Å²) in [5.74, 6) is 0.00164. The number of aromatic nitrogens is 2. The molecular weight excluding hydrogens is 626 g/mol. The number of anilines is 1. The Labute approximate surface area is 239 Å². The Morgan fingerprint density at radius 2 is 1.26 bits per heavy atom. The fourth-order valence-electron chi connectivity index (χ4n) is 2.77. The van der Waals surface area contributed by atoms with Crippen LogP contribution in [0.5, 0.6) is 0 Å². The number of para-hydroxylation sites is 1. The molecule has 0 spiro atoms. The first kappa shape index (κ1) is 33.5. The number of carbonyl (C=O) groups excluding carboxylic acids is 1. The number of carbonyl (C=O) groups is 1. The smallest absolute Gasteiger partial charge is 0.741 e. The van der Waals surface area contributed by atoms with E-state index in [2.05, 4.69) is 9.97 Å². The van der Waals surface area contributed by atoms with Crippen LogP contribution in [-0.2, 0) is 35.3 Å². The van der Waals surface area contributed by atoms with Crippen molar-refractivity contribution in [1.29, 1.82) is 0 Å². The summed E-state index contributed by atoms with van der Waals surface area (Å²) >= 11 is 0. The Morgan fingerprint density at radius 3 is 1.62 bits per heavy atom. The van der Waals surface area contributed by atoms with Crippen molar-refractivity contribution in [3.8, 4) is 11.4 Å². The number of hydrogen-bond acceptors (Lipinski definition) is 6. The fourth-order valence-corrected chi connectivity index (χ4v) is 2.77. The molecule has 0 aliphatic carbocycles. The van der Waals surface area contributed by atoms with Gasteiger partial charge in [-0.05, 0) is 43.3 Å². The molecule has 12 heteroatoms. The van der Waals surface area contributed by atoms with E-state index >= 15 is 0 Å². The van der Waals surface area contributed by atoms with Crippen molar-refractivity contribution in [2.45, 2.75) is 19.4 Å². The molecule has 1 amide bonds. The summed E-state index contributed by atoms with van der Waals surface area (Å²) in [6, 6.07) is 29.3. The molecule has 0 radical (unpaired) electrons. The van der Waals surface area contributed by atoms with Crippen molar-refractivity contribution in [3.63, 3.8) is 0 Å². The van der Waals surface area contributed by atoms with Crippen LogP contribution in [0.15, 0.2) is 103 Å². The first-order chi connectivity index (χ1) is 17.9. The van der Waals surface area contributed by atoms with Crippen LogP contribution in [0.4, 0.5) is 18.9 Å². The van der Waals surface area contributed by atoms with Crippen molar-refractivity contribution >= 4 is 21.7 Å². The number of aryl methyl sites for hydroxylation is 1. The molecule has 0 aliphatic rings. The number of pyridine rings is 2. The summed E-state index contributed by atoms with van der Waals surface area (Å²) in [5, 5.41) is 0. The largest absolute Gasteiger partial charge is 2.00 e. The Balaban J connectivity index is 0.000000314. The van der Waals surface area contributed by atoms with Gasteiger partial charge in [-0.1, -0.05) is 42.4 Å². The average molecular weight is 650 g/mol. The van der Waals surface area contributed by atoms with E-state index in [1.54, 1.807) is 24.2 Å². The summed E-state index contributed by atoms with van der Waals surface area (Å²) in [5.41, 5.74) is -0.713. The molecule has 0 bridgehead atoms. The van der Waals surface area contributed by atoms with Gasteiger partial charge < -0.3 is 9.45 Å². The predicted octanol–water partition coefficient (Wildman–Crippen LogP) is 5.75. The monoisotopic (exact) mass is 649 g/mol. The van der Waals surface area contributed by atoms with E-state index in [0.29, 0.717) is 0 Å². The number of amides is 1. The summed E-state index contributed by atoms with van der Waals surface area (Å²) in [4.78, 5) is 21.7. The molecule has 0 fully saturated rings. The molecule has 0 saturated carbocycles.